The van der Waals surface area contributed by atoms with E-state index in [0.717, 1.165) is 50.4 Å². The molecule has 0 aromatic heterocycles. The lowest BCUT2D eigenvalue weighted by Crippen LogP contribution is -2.34. The summed E-state index contributed by atoms with van der Waals surface area (Å²) in [5.74, 6) is 2.21. The lowest BCUT2D eigenvalue weighted by atomic mass is 9.77. The molecule has 1 heterocycles. The molecule has 7 nitrogen and oxygen atoms in total. The number of nitrogens with zero attached hydrogens (tertiary/aromatic N) is 1. The van der Waals surface area contributed by atoms with Crippen molar-refractivity contribution < 1.29 is 23.8 Å². The van der Waals surface area contributed by atoms with Crippen LogP contribution >= 0.6 is 0 Å². The number of methoxy groups -OCH3 is 2. The van der Waals surface area contributed by atoms with Crippen molar-refractivity contribution in [3.63, 3.8) is 0 Å². The number of rotatable bonds is 13. The van der Waals surface area contributed by atoms with Gasteiger partial charge in [0.2, 0.25) is 0 Å². The number of unbranched alkanes of at least 4 members (excludes halogenated alkanes) is 2. The summed E-state index contributed by atoms with van der Waals surface area (Å²) in [5.41, 5.74) is 7.54. The van der Waals surface area contributed by atoms with Crippen LogP contribution in [0.3, 0.4) is 0 Å². The first-order valence-electron chi connectivity index (χ1n) is 21.7. The number of ether oxygens (including phenoxy) is 3. The maximum Gasteiger partial charge on any atom is 0.338 e. The van der Waals surface area contributed by atoms with Crippen molar-refractivity contribution in [1.82, 2.24) is 0 Å². The number of benzene rings is 6. The van der Waals surface area contributed by atoms with Gasteiger partial charge in [0.1, 0.15) is 11.5 Å². The molecule has 2 aliphatic rings. The summed E-state index contributed by atoms with van der Waals surface area (Å²) in [6.45, 7) is 2.27. The number of nitrogens with one attached hydrogen (secondary N) is 1. The highest BCUT2D eigenvalue weighted by molar-refractivity contribution is 6.07. The molecule has 6 aromatic carbocycles. The van der Waals surface area contributed by atoms with Crippen LogP contribution in [0.2, 0.25) is 0 Å². The van der Waals surface area contributed by atoms with Gasteiger partial charge in [-0.3, -0.25) is 4.79 Å². The van der Waals surface area contributed by atoms with Crippen LogP contribution in [0.15, 0.2) is 127 Å². The molecule has 1 atom stereocenters. The van der Waals surface area contributed by atoms with Crippen LogP contribution in [0.5, 0.6) is 11.5 Å². The highest BCUT2D eigenvalue weighted by Gasteiger charge is 2.39. The van der Waals surface area contributed by atoms with Crippen molar-refractivity contribution in [2.75, 3.05) is 38.5 Å². The molecule has 8 rings (SSSR count). The molecule has 0 bridgehead atoms. The fourth-order valence-corrected chi connectivity index (χ4v) is 9.28. The number of carbonyl (C=O) groups is 2. The maximum atomic E-state index is 13.4. The van der Waals surface area contributed by atoms with E-state index in [1.165, 1.54) is 64.0 Å². The second kappa shape index (κ2) is 18.1. The average molecular weight is 813 g/mol. The number of amides is 1. The number of hydrogen-bond donors (Lipinski definition) is 1. The van der Waals surface area contributed by atoms with E-state index in [1.807, 2.05) is 111 Å². The minimum absolute atomic E-state index is 0.131. The van der Waals surface area contributed by atoms with Crippen LogP contribution in [-0.4, -0.2) is 40.2 Å². The summed E-state index contributed by atoms with van der Waals surface area (Å²) >= 11 is 0. The summed E-state index contributed by atoms with van der Waals surface area (Å²) < 4.78 is 18.1. The molecular weight excluding hydrogens is 757 g/mol. The molecule has 6 aromatic rings. The van der Waals surface area contributed by atoms with Crippen LogP contribution in [0, 0.1) is 5.92 Å². The summed E-state index contributed by atoms with van der Waals surface area (Å²) in [6, 6.07) is 40.3. The van der Waals surface area contributed by atoms with Gasteiger partial charge in [-0.05, 0) is 121 Å². The Morgan fingerprint density at radius 2 is 1.51 bits per heavy atom. The Labute approximate surface area is 360 Å². The molecule has 1 saturated carbocycles. The minimum Gasteiger partial charge on any atom is -0.497 e. The van der Waals surface area contributed by atoms with E-state index in [9.17, 15) is 9.59 Å². The Balaban J connectivity index is 1.08. The van der Waals surface area contributed by atoms with E-state index in [2.05, 4.69) is 53.5 Å². The third-order valence-corrected chi connectivity index (χ3v) is 12.8. The first-order chi connectivity index (χ1) is 29.7. The zero-order chi connectivity index (χ0) is 42.5. The Morgan fingerprint density at radius 1 is 0.803 bits per heavy atom. The molecule has 1 fully saturated rings. The molecule has 0 radical (unpaired) electrons. The van der Waals surface area contributed by atoms with Gasteiger partial charge in [-0.15, -0.1) is 0 Å². The van der Waals surface area contributed by atoms with Crippen LogP contribution in [-0.2, 0) is 10.3 Å². The van der Waals surface area contributed by atoms with Crippen LogP contribution in [0.1, 0.15) is 107 Å². The molecule has 1 unspecified atom stereocenters. The molecule has 312 valence electrons. The van der Waals surface area contributed by atoms with Crippen molar-refractivity contribution >= 4 is 40.1 Å². The molecule has 1 N–H and O–H groups in total. The van der Waals surface area contributed by atoms with E-state index in [-0.39, 0.29) is 5.91 Å². The largest absolute Gasteiger partial charge is 0.497 e. The third-order valence-electron chi connectivity index (χ3n) is 12.8. The number of hydrogen-bond acceptors (Lipinski definition) is 6. The summed E-state index contributed by atoms with van der Waals surface area (Å²) in [4.78, 5) is 28.9. The van der Waals surface area contributed by atoms with Gasteiger partial charge in [0.15, 0.2) is 5.60 Å². The fraction of sp³-hybridized carbons (Fsp3) is 0.296. The van der Waals surface area contributed by atoms with Crippen LogP contribution < -0.4 is 19.7 Å². The molecule has 1 aliphatic heterocycles. The topological polar surface area (TPSA) is 77.1 Å². The minimum atomic E-state index is -0.992. The van der Waals surface area contributed by atoms with Crippen LogP contribution in [0.4, 0.5) is 11.4 Å². The molecule has 1 aliphatic carbocycles. The Hall–Kier alpha value is -6.34. The Kier molecular flexibility index (Phi) is 12.3. The summed E-state index contributed by atoms with van der Waals surface area (Å²) in [6.07, 6.45) is 14.4. The SMILES string of the molecule is CCCCCC1CCC(c2ccc(C(=O)Nc3ccc(-c4cc5cc(C(=O)OC)c6c(c5cc4N(C)C)OC(c4ccccc4)(c4ccc(OC)cc4)C=C6)cc3)cc2)CC1. The lowest BCUT2D eigenvalue weighted by molar-refractivity contribution is 0.0599. The van der Waals surface area contributed by atoms with Crippen molar-refractivity contribution in [3.8, 4) is 22.6 Å². The van der Waals surface area contributed by atoms with Crippen molar-refractivity contribution in [2.45, 2.75) is 69.8 Å². The predicted molar refractivity (Wildman–Crippen MR) is 248 cm³/mol. The average Bonchev–Trinajstić information content (AvgIpc) is 3.31. The highest BCUT2D eigenvalue weighted by Crippen LogP contribution is 2.49. The van der Waals surface area contributed by atoms with Gasteiger partial charge < -0.3 is 24.4 Å². The molecular formula is C54H56N2O5. The van der Waals surface area contributed by atoms with E-state index >= 15 is 0 Å². The molecule has 1 amide bonds. The lowest BCUT2D eigenvalue weighted by Gasteiger charge is -2.37. The van der Waals surface area contributed by atoms with Gasteiger partial charge >= 0.3 is 5.97 Å². The third kappa shape index (κ3) is 8.52. The van der Waals surface area contributed by atoms with E-state index in [1.54, 1.807) is 7.11 Å². The van der Waals surface area contributed by atoms with Gasteiger partial charge in [-0.25, -0.2) is 4.79 Å². The Morgan fingerprint density at radius 3 is 2.16 bits per heavy atom. The standard InChI is InChI=1S/C54H56N2O5/c1-6-7-9-12-36-15-17-37(18-16-36)38-19-21-40(22-20-38)52(57)55-44-27-23-39(24-28-44)47-33-41-34-49(53(58)60-5)46-31-32-54(42-13-10-8-11-14-42,43-25-29-45(59-4)30-26-43)61-51(46)48(41)35-50(47)56(2)3/h8,10-11,13-14,19-37H,6-7,9,12,15-18H2,1-5H3,(H,55,57). The Bertz CT molecular complexity index is 2520. The zero-order valence-electron chi connectivity index (χ0n) is 36.0. The highest BCUT2D eigenvalue weighted by atomic mass is 16.5. The van der Waals surface area contributed by atoms with Gasteiger partial charge in [0.25, 0.3) is 5.91 Å². The molecule has 7 heteroatoms. The van der Waals surface area contributed by atoms with E-state index in [0.29, 0.717) is 34.0 Å². The van der Waals surface area contributed by atoms with Gasteiger partial charge in [-0.1, -0.05) is 99.3 Å². The zero-order valence-corrected chi connectivity index (χ0v) is 36.0. The normalized spacial score (nSPS) is 18.2. The quantitative estimate of drug-likeness (QED) is 0.0924. The van der Waals surface area contributed by atoms with E-state index in [4.69, 9.17) is 14.2 Å². The molecule has 61 heavy (non-hydrogen) atoms. The van der Waals surface area contributed by atoms with Gasteiger partial charge in [0, 0.05) is 58.7 Å². The second-order valence-corrected chi connectivity index (χ2v) is 16.8. The van der Waals surface area contributed by atoms with Gasteiger partial charge in [-0.2, -0.15) is 0 Å². The maximum absolute atomic E-state index is 13.4. The summed E-state index contributed by atoms with van der Waals surface area (Å²) in [5, 5.41) is 4.79. The van der Waals surface area contributed by atoms with E-state index < -0.39 is 11.6 Å². The number of anilines is 2. The second-order valence-electron chi connectivity index (χ2n) is 16.8. The van der Waals surface area contributed by atoms with Crippen LogP contribution in [0.25, 0.3) is 28.0 Å². The molecule has 0 saturated heterocycles. The number of carbonyl (C=O) groups excluding carboxylic acids is 2. The predicted octanol–water partition coefficient (Wildman–Crippen LogP) is 12.8. The van der Waals surface area contributed by atoms with Crippen molar-refractivity contribution in [1.29, 1.82) is 0 Å². The van der Waals surface area contributed by atoms with Gasteiger partial charge in [0.05, 0.1) is 19.8 Å². The van der Waals surface area contributed by atoms with Crippen molar-refractivity contribution in [3.05, 3.63) is 161 Å². The van der Waals surface area contributed by atoms with Crippen molar-refractivity contribution in [2.24, 2.45) is 5.92 Å². The number of esters is 1. The number of fused-ring (bicyclic) bond motifs is 3. The molecule has 0 spiro atoms. The monoisotopic (exact) mass is 812 g/mol. The first kappa shape index (κ1) is 41.4. The first-order valence-corrected chi connectivity index (χ1v) is 21.7. The summed E-state index contributed by atoms with van der Waals surface area (Å²) in [7, 11) is 7.09. The smallest absolute Gasteiger partial charge is 0.338 e. The fourth-order valence-electron chi connectivity index (χ4n) is 9.28.